The molecule has 0 fully saturated rings. The lowest BCUT2D eigenvalue weighted by Crippen LogP contribution is -1.97. The summed E-state index contributed by atoms with van der Waals surface area (Å²) in [5, 5.41) is 15.0. The first-order valence-electron chi connectivity index (χ1n) is 19.5. The smallest absolute Gasteiger partial charge is 0.165 e. The van der Waals surface area contributed by atoms with Crippen molar-refractivity contribution < 1.29 is 0 Å². The number of hydrogen-bond acceptors (Lipinski definition) is 5. The van der Waals surface area contributed by atoms with Crippen molar-refractivity contribution in [2.45, 2.75) is 0 Å². The quantitative estimate of drug-likeness (QED) is 0.157. The molecule has 0 saturated carbocycles. The number of pyridine rings is 3. The minimum Gasteiger partial charge on any atom is -0.276 e. The van der Waals surface area contributed by atoms with Gasteiger partial charge in [0.25, 0.3) is 0 Å². The lowest BCUT2D eigenvalue weighted by molar-refractivity contribution is 1.20. The molecule has 0 amide bonds. The molecule has 0 N–H and O–H groups in total. The summed E-state index contributed by atoms with van der Waals surface area (Å²) < 4.78 is 4.45. The zero-order chi connectivity index (χ0) is 37.6. The Hall–Kier alpha value is -8.03. The van der Waals surface area contributed by atoms with E-state index >= 15 is 0 Å². The molecule has 0 radical (unpaired) electrons. The molecule has 0 saturated heterocycles. The van der Waals surface area contributed by atoms with Crippen molar-refractivity contribution in [3.8, 4) is 11.1 Å². The molecule has 0 aliphatic rings. The van der Waals surface area contributed by atoms with Gasteiger partial charge < -0.3 is 0 Å². The van der Waals surface area contributed by atoms with Gasteiger partial charge in [0, 0.05) is 45.5 Å². The molecule has 0 unspecified atom stereocenters. The first kappa shape index (κ1) is 30.2. The van der Waals surface area contributed by atoms with Crippen LogP contribution in [0.15, 0.2) is 164 Å². The van der Waals surface area contributed by atoms with Crippen molar-refractivity contribution in [2.24, 2.45) is 0 Å². The second-order valence-corrected chi connectivity index (χ2v) is 15.2. The molecule has 7 nitrogen and oxygen atoms in total. The van der Waals surface area contributed by atoms with E-state index in [1.165, 1.54) is 37.7 Å². The molecule has 0 bridgehead atoms. The van der Waals surface area contributed by atoms with Crippen LogP contribution >= 0.6 is 0 Å². The van der Waals surface area contributed by atoms with Crippen LogP contribution in [0.25, 0.3) is 131 Å². The van der Waals surface area contributed by atoms with Crippen molar-refractivity contribution >= 4 is 120 Å². The van der Waals surface area contributed by atoms with Gasteiger partial charge in [0.1, 0.15) is 22.5 Å². The summed E-state index contributed by atoms with van der Waals surface area (Å²) >= 11 is 0. The van der Waals surface area contributed by atoms with Gasteiger partial charge in [-0.1, -0.05) is 103 Å². The summed E-state index contributed by atoms with van der Waals surface area (Å²) in [6.07, 6.45) is 5.46. The zero-order valence-electron chi connectivity index (χ0n) is 30.7. The Bertz CT molecular complexity index is 4160. The van der Waals surface area contributed by atoms with Crippen LogP contribution in [0.3, 0.4) is 0 Å². The van der Waals surface area contributed by atoms with Crippen LogP contribution in [0.5, 0.6) is 0 Å². The highest BCUT2D eigenvalue weighted by atomic mass is 15.1. The summed E-state index contributed by atoms with van der Waals surface area (Å²) in [6.45, 7) is 0. The lowest BCUT2D eigenvalue weighted by atomic mass is 9.91. The van der Waals surface area contributed by atoms with Crippen LogP contribution in [-0.4, -0.2) is 33.7 Å². The lowest BCUT2D eigenvalue weighted by Gasteiger charge is -2.15. The van der Waals surface area contributed by atoms with Crippen LogP contribution in [0.4, 0.5) is 0 Å². The maximum absolute atomic E-state index is 5.36. The van der Waals surface area contributed by atoms with E-state index in [1.807, 2.05) is 18.3 Å². The molecular weight excluding hydrogens is 711 g/mol. The van der Waals surface area contributed by atoms with E-state index in [1.54, 1.807) is 12.4 Å². The van der Waals surface area contributed by atoms with E-state index in [9.17, 15) is 0 Å². The van der Waals surface area contributed by atoms with E-state index in [0.717, 1.165) is 93.6 Å². The molecule has 0 aliphatic heterocycles. The molecular formula is C51H27N7. The first-order valence-corrected chi connectivity index (χ1v) is 19.5. The van der Waals surface area contributed by atoms with Crippen LogP contribution in [0, 0.1) is 0 Å². The monoisotopic (exact) mass is 737 g/mol. The van der Waals surface area contributed by atoms with E-state index < -0.39 is 0 Å². The maximum Gasteiger partial charge on any atom is 0.165 e. The predicted molar refractivity (Wildman–Crippen MR) is 238 cm³/mol. The van der Waals surface area contributed by atoms with E-state index in [4.69, 9.17) is 24.9 Å². The topological polar surface area (TPSA) is 73.3 Å². The van der Waals surface area contributed by atoms with Crippen molar-refractivity contribution in [2.75, 3.05) is 0 Å². The number of hydrogen-bond donors (Lipinski definition) is 0. The summed E-state index contributed by atoms with van der Waals surface area (Å²) in [4.78, 5) is 25.5. The number of rotatable bonds is 1. The highest BCUT2D eigenvalue weighted by molar-refractivity contribution is 6.35. The number of imidazole rings is 2. The maximum atomic E-state index is 5.36. The molecule has 0 spiro atoms. The van der Waals surface area contributed by atoms with Gasteiger partial charge >= 0.3 is 0 Å². The number of nitrogens with zero attached hydrogens (tertiary/aromatic N) is 7. The minimum atomic E-state index is 0.791. The Morgan fingerprint density at radius 2 is 0.845 bits per heavy atom. The minimum absolute atomic E-state index is 0.791. The van der Waals surface area contributed by atoms with Crippen molar-refractivity contribution in [3.05, 3.63) is 164 Å². The van der Waals surface area contributed by atoms with Gasteiger partial charge in [0.05, 0.1) is 22.1 Å². The summed E-state index contributed by atoms with van der Waals surface area (Å²) in [7, 11) is 0. The molecule has 58 heavy (non-hydrogen) atoms. The molecule has 0 aliphatic carbocycles. The summed E-state index contributed by atoms with van der Waals surface area (Å²) in [5.74, 6) is 0. The molecule has 14 aromatic rings. The van der Waals surface area contributed by atoms with Crippen molar-refractivity contribution in [3.63, 3.8) is 0 Å². The van der Waals surface area contributed by atoms with Crippen molar-refractivity contribution in [1.29, 1.82) is 0 Å². The summed E-state index contributed by atoms with van der Waals surface area (Å²) in [6, 6.07) is 52.1. The molecule has 14 rings (SSSR count). The molecule has 266 valence electrons. The Labute approximate surface area is 328 Å². The van der Waals surface area contributed by atoms with Crippen molar-refractivity contribution in [1.82, 2.24) is 33.7 Å². The molecule has 0 atom stereocenters. The molecule has 6 aromatic heterocycles. The highest BCUT2D eigenvalue weighted by Crippen LogP contribution is 2.44. The van der Waals surface area contributed by atoms with E-state index in [2.05, 4.69) is 142 Å². The van der Waals surface area contributed by atoms with E-state index in [0.29, 0.717) is 0 Å². The van der Waals surface area contributed by atoms with Gasteiger partial charge in [-0.05, 0) is 96.7 Å². The van der Waals surface area contributed by atoms with Gasteiger partial charge in [-0.3, -0.25) is 13.8 Å². The Morgan fingerprint density at radius 3 is 1.62 bits per heavy atom. The standard InChI is InChI=1S/C51H27N7/c1-4-13-33-30(10-1)31-11-2-5-14-34(31)46-44(33)47-51(54-25-24-52-47)58-42-27-29(20-22-40(42)56-50(46)58)28-19-21-36-38(26-28)32-12-3-6-15-35(32)45-43(36)37-16-9-23-53-48(37)57-41-18-8-7-17-39(41)55-49(45)57/h1-27H. The fourth-order valence-corrected chi connectivity index (χ4v) is 9.99. The highest BCUT2D eigenvalue weighted by Gasteiger charge is 2.22. The zero-order valence-corrected chi connectivity index (χ0v) is 30.7. The number of para-hydroxylation sites is 2. The normalized spacial score (nSPS) is 12.5. The third-order valence-electron chi connectivity index (χ3n) is 12.3. The average Bonchev–Trinajstić information content (AvgIpc) is 3.88. The third-order valence-corrected chi connectivity index (χ3v) is 12.3. The number of fused-ring (bicyclic) bond motifs is 26. The second-order valence-electron chi connectivity index (χ2n) is 15.2. The third kappa shape index (κ3) is 3.75. The van der Waals surface area contributed by atoms with Crippen LogP contribution in [0.2, 0.25) is 0 Å². The van der Waals surface area contributed by atoms with Gasteiger partial charge in [-0.2, -0.15) is 0 Å². The number of aromatic nitrogens is 7. The summed E-state index contributed by atoms with van der Waals surface area (Å²) in [5.41, 5.74) is 10.5. The average molecular weight is 738 g/mol. The van der Waals surface area contributed by atoms with Gasteiger partial charge in [-0.15, -0.1) is 0 Å². The fourth-order valence-electron chi connectivity index (χ4n) is 9.99. The predicted octanol–water partition coefficient (Wildman–Crippen LogP) is 12.4. The van der Waals surface area contributed by atoms with E-state index in [-0.39, 0.29) is 0 Å². The Morgan fingerprint density at radius 1 is 0.310 bits per heavy atom. The molecule has 7 heteroatoms. The van der Waals surface area contributed by atoms with Gasteiger partial charge in [0.2, 0.25) is 0 Å². The Balaban J connectivity index is 1.09. The molecule has 6 heterocycles. The van der Waals surface area contributed by atoms with Crippen LogP contribution in [-0.2, 0) is 0 Å². The van der Waals surface area contributed by atoms with Gasteiger partial charge in [0.15, 0.2) is 5.65 Å². The molecule has 8 aromatic carbocycles. The largest absolute Gasteiger partial charge is 0.276 e. The fraction of sp³-hybridized carbons (Fsp3) is 0. The number of benzene rings is 8. The van der Waals surface area contributed by atoms with Crippen LogP contribution < -0.4 is 0 Å². The van der Waals surface area contributed by atoms with Gasteiger partial charge in [-0.25, -0.2) is 19.9 Å². The SMILES string of the molecule is c1ccc2c(c1)nc1c3c4ccccc4c4cc(-c5ccc6nc7c8c9ccccc9c9ccccc9c8c8nccnc8n7c6c5)ccc4c3c3cccnc3n21. The Kier molecular flexibility index (Phi) is 5.65. The second kappa shape index (κ2) is 10.8. The van der Waals surface area contributed by atoms with Crippen LogP contribution in [0.1, 0.15) is 0 Å². The first-order chi connectivity index (χ1) is 28.8.